The average molecular weight is 312 g/mol. The van der Waals surface area contributed by atoms with E-state index in [0.29, 0.717) is 12.8 Å². The summed E-state index contributed by atoms with van der Waals surface area (Å²) in [6.45, 7) is 1.41. The van der Waals surface area contributed by atoms with E-state index >= 15 is 0 Å². The lowest BCUT2D eigenvalue weighted by Gasteiger charge is -2.23. The molecule has 0 aromatic heterocycles. The van der Waals surface area contributed by atoms with Crippen molar-refractivity contribution in [2.24, 2.45) is 0 Å². The van der Waals surface area contributed by atoms with Crippen molar-refractivity contribution in [1.82, 2.24) is 9.62 Å². The number of hydrogen-bond acceptors (Lipinski definition) is 5. The summed E-state index contributed by atoms with van der Waals surface area (Å²) >= 11 is 0. The maximum atomic E-state index is 11.8. The molecule has 1 unspecified atom stereocenters. The van der Waals surface area contributed by atoms with Crippen LogP contribution in [0.2, 0.25) is 0 Å². The molecular weight excluding hydrogens is 292 g/mol. The molecule has 9 heteroatoms. The summed E-state index contributed by atoms with van der Waals surface area (Å²) < 4.78 is 47.7. The van der Waals surface area contributed by atoms with Crippen LogP contribution in [0.5, 0.6) is 0 Å². The Balaban J connectivity index is 2.51. The molecule has 1 aliphatic rings. The van der Waals surface area contributed by atoms with E-state index in [1.807, 2.05) is 0 Å². The van der Waals surface area contributed by atoms with Gasteiger partial charge in [-0.15, -0.1) is 0 Å². The van der Waals surface area contributed by atoms with Gasteiger partial charge in [-0.1, -0.05) is 6.92 Å². The van der Waals surface area contributed by atoms with Gasteiger partial charge in [0.1, 0.15) is 0 Å². The van der Waals surface area contributed by atoms with E-state index in [2.05, 4.69) is 4.72 Å². The number of likely N-dealkylation sites (N-methyl/N-ethyl adjacent to an activating group) is 1. The Morgan fingerprint density at radius 3 is 2.53 bits per heavy atom. The zero-order valence-electron chi connectivity index (χ0n) is 11.1. The minimum atomic E-state index is -3.42. The van der Waals surface area contributed by atoms with Gasteiger partial charge < -0.3 is 4.90 Å². The van der Waals surface area contributed by atoms with Gasteiger partial charge in [-0.2, -0.15) is 0 Å². The highest BCUT2D eigenvalue weighted by Gasteiger charge is 2.32. The molecule has 1 fully saturated rings. The van der Waals surface area contributed by atoms with E-state index in [1.54, 1.807) is 6.92 Å². The predicted molar refractivity (Wildman–Crippen MR) is 71.9 cm³/mol. The first-order valence-corrected chi connectivity index (χ1v) is 9.57. The molecule has 1 heterocycles. The Labute approximate surface area is 114 Å². The van der Waals surface area contributed by atoms with Crippen molar-refractivity contribution >= 4 is 25.8 Å². The van der Waals surface area contributed by atoms with Crippen molar-refractivity contribution in [3.05, 3.63) is 0 Å². The summed E-state index contributed by atoms with van der Waals surface area (Å²) in [6, 6.07) is -0.354. The number of nitrogens with one attached hydrogen (secondary N) is 1. The second-order valence-electron chi connectivity index (χ2n) is 4.70. The van der Waals surface area contributed by atoms with Crippen molar-refractivity contribution in [3.8, 4) is 0 Å². The monoisotopic (exact) mass is 312 g/mol. The van der Waals surface area contributed by atoms with Crippen LogP contribution in [0.15, 0.2) is 0 Å². The highest BCUT2D eigenvalue weighted by Crippen LogP contribution is 2.16. The maximum absolute atomic E-state index is 11.8. The van der Waals surface area contributed by atoms with Gasteiger partial charge in [0, 0.05) is 13.1 Å². The first kappa shape index (κ1) is 16.4. The van der Waals surface area contributed by atoms with E-state index in [9.17, 15) is 21.6 Å². The normalized spacial score (nSPS) is 22.3. The third-order valence-corrected chi connectivity index (χ3v) is 6.35. The maximum Gasteiger partial charge on any atom is 0.237 e. The van der Waals surface area contributed by atoms with Crippen LogP contribution in [0.1, 0.15) is 19.8 Å². The van der Waals surface area contributed by atoms with E-state index < -0.39 is 25.8 Å². The number of amides is 1. The molecule has 0 aromatic rings. The summed E-state index contributed by atoms with van der Waals surface area (Å²) in [4.78, 5) is 13.1. The van der Waals surface area contributed by atoms with Crippen molar-refractivity contribution in [3.63, 3.8) is 0 Å². The highest BCUT2D eigenvalue weighted by molar-refractivity contribution is 7.91. The van der Waals surface area contributed by atoms with Crippen molar-refractivity contribution in [1.29, 1.82) is 0 Å². The van der Waals surface area contributed by atoms with Gasteiger partial charge in [-0.05, 0) is 12.8 Å². The Morgan fingerprint density at radius 1 is 1.42 bits per heavy atom. The zero-order chi connectivity index (χ0) is 14.7. The zero-order valence-corrected chi connectivity index (χ0v) is 12.8. The molecule has 1 rings (SSSR count). The SMILES string of the molecule is CCCS(=O)(=O)NCC(=O)N(C)C1CCS(=O)(=O)C1. The van der Waals surface area contributed by atoms with E-state index in [0.717, 1.165) is 0 Å². The minimum Gasteiger partial charge on any atom is -0.341 e. The largest absolute Gasteiger partial charge is 0.341 e. The third kappa shape index (κ3) is 5.07. The molecule has 0 bridgehead atoms. The van der Waals surface area contributed by atoms with Crippen LogP contribution >= 0.6 is 0 Å². The molecule has 1 saturated heterocycles. The average Bonchev–Trinajstić information content (AvgIpc) is 2.65. The van der Waals surface area contributed by atoms with Crippen LogP contribution in [0.3, 0.4) is 0 Å². The van der Waals surface area contributed by atoms with E-state index in [-0.39, 0.29) is 29.8 Å². The number of carbonyl (C=O) groups is 1. The molecule has 19 heavy (non-hydrogen) atoms. The van der Waals surface area contributed by atoms with E-state index in [1.165, 1.54) is 11.9 Å². The number of sulfone groups is 1. The van der Waals surface area contributed by atoms with Crippen molar-refractivity contribution in [2.45, 2.75) is 25.8 Å². The number of sulfonamides is 1. The Morgan fingerprint density at radius 2 is 2.05 bits per heavy atom. The number of nitrogens with zero attached hydrogens (tertiary/aromatic N) is 1. The fraction of sp³-hybridized carbons (Fsp3) is 0.900. The van der Waals surface area contributed by atoms with Crippen LogP contribution in [0, 0.1) is 0 Å². The predicted octanol–water partition coefficient (Wildman–Crippen LogP) is -1.04. The lowest BCUT2D eigenvalue weighted by atomic mass is 10.2. The minimum absolute atomic E-state index is 0.0260. The number of carbonyl (C=O) groups excluding carboxylic acids is 1. The first-order chi connectivity index (χ1) is 8.67. The molecule has 1 N–H and O–H groups in total. The molecule has 1 atom stereocenters. The summed E-state index contributed by atoms with van der Waals surface area (Å²) in [7, 11) is -4.98. The number of hydrogen-bond donors (Lipinski definition) is 1. The second kappa shape index (κ2) is 6.19. The summed E-state index contributed by atoms with van der Waals surface area (Å²) in [6.07, 6.45) is 0.881. The van der Waals surface area contributed by atoms with Crippen LogP contribution in [-0.4, -0.2) is 64.5 Å². The van der Waals surface area contributed by atoms with Gasteiger partial charge in [-0.25, -0.2) is 21.6 Å². The molecule has 0 spiro atoms. The first-order valence-electron chi connectivity index (χ1n) is 6.10. The lowest BCUT2D eigenvalue weighted by Crippen LogP contribution is -2.44. The third-order valence-electron chi connectivity index (χ3n) is 3.07. The molecule has 1 aliphatic heterocycles. The van der Waals surface area contributed by atoms with Gasteiger partial charge in [0.2, 0.25) is 15.9 Å². The molecule has 7 nitrogen and oxygen atoms in total. The fourth-order valence-electron chi connectivity index (χ4n) is 1.92. The van der Waals surface area contributed by atoms with Crippen molar-refractivity contribution in [2.75, 3.05) is 30.9 Å². The Bertz CT molecular complexity index is 526. The Kier molecular flexibility index (Phi) is 5.34. The second-order valence-corrected chi connectivity index (χ2v) is 8.86. The quantitative estimate of drug-likeness (QED) is 0.675. The smallest absolute Gasteiger partial charge is 0.237 e. The van der Waals surface area contributed by atoms with Gasteiger partial charge in [-0.3, -0.25) is 4.79 Å². The molecule has 112 valence electrons. The van der Waals surface area contributed by atoms with Crippen LogP contribution in [0.4, 0.5) is 0 Å². The molecule has 0 aromatic carbocycles. The molecular formula is C10H20N2O5S2. The summed E-state index contributed by atoms with van der Waals surface area (Å²) in [5.41, 5.74) is 0. The lowest BCUT2D eigenvalue weighted by molar-refractivity contribution is -0.130. The molecule has 1 amide bonds. The van der Waals surface area contributed by atoms with Gasteiger partial charge in [0.25, 0.3) is 0 Å². The number of rotatable bonds is 6. The van der Waals surface area contributed by atoms with Crippen molar-refractivity contribution < 1.29 is 21.6 Å². The van der Waals surface area contributed by atoms with Gasteiger partial charge in [0.15, 0.2) is 9.84 Å². The van der Waals surface area contributed by atoms with E-state index in [4.69, 9.17) is 0 Å². The summed E-state index contributed by atoms with van der Waals surface area (Å²) in [5, 5.41) is 0. The Hall–Kier alpha value is -0.670. The fourth-order valence-corrected chi connectivity index (χ4v) is 4.72. The molecule has 0 saturated carbocycles. The van der Waals surface area contributed by atoms with Crippen LogP contribution in [0.25, 0.3) is 0 Å². The van der Waals surface area contributed by atoms with Gasteiger partial charge in [0.05, 0.1) is 23.8 Å². The summed E-state index contributed by atoms with van der Waals surface area (Å²) in [5.74, 6) is -0.405. The van der Waals surface area contributed by atoms with Gasteiger partial charge >= 0.3 is 0 Å². The highest BCUT2D eigenvalue weighted by atomic mass is 32.2. The molecule has 0 radical (unpaired) electrons. The standard InChI is InChI=1S/C10H20N2O5S2/c1-3-5-19(16,17)11-7-10(13)12(2)9-4-6-18(14,15)8-9/h9,11H,3-8H2,1-2H3. The molecule has 0 aliphatic carbocycles. The van der Waals surface area contributed by atoms with Crippen LogP contribution in [-0.2, 0) is 24.7 Å². The topological polar surface area (TPSA) is 101 Å². The van der Waals surface area contributed by atoms with Crippen LogP contribution < -0.4 is 4.72 Å².